The van der Waals surface area contributed by atoms with Crippen LogP contribution in [-0.4, -0.2) is 21.6 Å². The number of hydrogen-bond acceptors (Lipinski definition) is 4. The summed E-state index contributed by atoms with van der Waals surface area (Å²) in [5, 5.41) is 7.78. The number of carbonyl (C=O) groups is 1. The van der Waals surface area contributed by atoms with Crippen LogP contribution in [0.3, 0.4) is 0 Å². The van der Waals surface area contributed by atoms with Crippen molar-refractivity contribution in [2.75, 3.05) is 0 Å². The van der Waals surface area contributed by atoms with Gasteiger partial charge in [-0.2, -0.15) is 18.3 Å². The third kappa shape index (κ3) is 5.23. The Kier molecular flexibility index (Phi) is 6.45. The minimum atomic E-state index is -4.59. The number of rotatable bonds is 6. The van der Waals surface area contributed by atoms with E-state index in [1.807, 2.05) is 0 Å². The number of hydrogen-bond donors (Lipinski definition) is 1. The highest BCUT2D eigenvalue weighted by atomic mass is 79.9. The molecule has 0 atom stereocenters. The highest BCUT2D eigenvalue weighted by molar-refractivity contribution is 9.10. The number of alkyl halides is 3. The van der Waals surface area contributed by atoms with Crippen molar-refractivity contribution in [1.82, 2.24) is 9.78 Å². The first-order valence-corrected chi connectivity index (χ1v) is 9.95. The average Bonchev–Trinajstić information content (AvgIpc) is 3.40. The second-order valence-corrected chi connectivity index (χ2v) is 7.99. The number of nitrogens with two attached hydrogens (primary N) is 1. The fraction of sp³-hybridized carbons (Fsp3) is 0.353. The Morgan fingerprint density at radius 1 is 1.38 bits per heavy atom. The van der Waals surface area contributed by atoms with Gasteiger partial charge in [-0.3, -0.25) is 4.68 Å². The second kappa shape index (κ2) is 8.53. The fourth-order valence-corrected chi connectivity index (χ4v) is 3.98. The van der Waals surface area contributed by atoms with Crippen LogP contribution < -0.4 is 5.73 Å². The summed E-state index contributed by atoms with van der Waals surface area (Å²) in [7, 11) is 0. The quantitative estimate of drug-likeness (QED) is 0.252. The number of oxime groups is 1. The number of benzene rings is 1. The molecular weight excluding hydrogens is 500 g/mol. The molecule has 1 aliphatic carbocycles. The van der Waals surface area contributed by atoms with Crippen LogP contribution in [0.5, 0.6) is 0 Å². The molecule has 0 unspecified atom stereocenters. The molecule has 156 valence electrons. The Labute approximate surface area is 181 Å². The van der Waals surface area contributed by atoms with Crippen LogP contribution in [0.1, 0.15) is 42.1 Å². The predicted octanol–water partition coefficient (Wildman–Crippen LogP) is 5.10. The number of nitrogens with zero attached hydrogens (tertiary/aromatic N) is 3. The van der Waals surface area contributed by atoms with Crippen molar-refractivity contribution in [1.29, 1.82) is 0 Å². The van der Waals surface area contributed by atoms with Gasteiger partial charge in [0.05, 0.1) is 28.2 Å². The van der Waals surface area contributed by atoms with E-state index in [0.717, 1.165) is 12.8 Å². The van der Waals surface area contributed by atoms with E-state index in [-0.39, 0.29) is 34.2 Å². The molecule has 0 aliphatic heterocycles. The van der Waals surface area contributed by atoms with E-state index in [1.54, 1.807) is 6.07 Å². The molecule has 1 heterocycles. The van der Waals surface area contributed by atoms with E-state index in [0.29, 0.717) is 16.3 Å². The zero-order chi connectivity index (χ0) is 21.3. The van der Waals surface area contributed by atoms with Crippen molar-refractivity contribution >= 4 is 50.9 Å². The van der Waals surface area contributed by atoms with Crippen LogP contribution in [0.2, 0.25) is 10.0 Å². The van der Waals surface area contributed by atoms with Crippen molar-refractivity contribution < 1.29 is 22.8 Å². The lowest BCUT2D eigenvalue weighted by Crippen LogP contribution is -2.17. The number of aromatic nitrogens is 2. The van der Waals surface area contributed by atoms with Crippen LogP contribution in [0.4, 0.5) is 13.2 Å². The Hall–Kier alpha value is -1.78. The molecule has 0 amide bonds. The molecule has 0 bridgehead atoms. The zero-order valence-corrected chi connectivity index (χ0v) is 17.7. The van der Waals surface area contributed by atoms with Gasteiger partial charge in [-0.15, -0.1) is 0 Å². The summed E-state index contributed by atoms with van der Waals surface area (Å²) in [6.07, 6.45) is -3.29. The van der Waals surface area contributed by atoms with Gasteiger partial charge in [0.15, 0.2) is 11.5 Å². The standard InChI is InChI=1S/C17H14BrCl2F3N4O2/c18-13-14(8-1-2-8)27(25-15(13)17(21,22)23)6-5-12(28)29-26-16(24)10-4-3-9(19)7-11(10)20/h3-4,7-8H,1-2,5-6H2,(H2,24,26). The van der Waals surface area contributed by atoms with Crippen LogP contribution >= 0.6 is 39.1 Å². The van der Waals surface area contributed by atoms with E-state index in [4.69, 9.17) is 33.8 Å². The molecule has 12 heteroatoms. The van der Waals surface area contributed by atoms with Crippen LogP contribution in [0.25, 0.3) is 0 Å². The van der Waals surface area contributed by atoms with E-state index in [9.17, 15) is 18.0 Å². The Morgan fingerprint density at radius 3 is 2.66 bits per heavy atom. The van der Waals surface area contributed by atoms with Gasteiger partial charge < -0.3 is 10.6 Å². The Balaban J connectivity index is 1.66. The SMILES string of the molecule is N/C(=N\OC(=O)CCn1nc(C(F)(F)F)c(Br)c1C1CC1)c1ccc(Cl)cc1Cl. The third-order valence-electron chi connectivity index (χ3n) is 4.14. The van der Waals surface area contributed by atoms with Crippen molar-refractivity contribution in [3.05, 3.63) is 49.7 Å². The van der Waals surface area contributed by atoms with Crippen molar-refractivity contribution in [3.63, 3.8) is 0 Å². The molecule has 2 N–H and O–H groups in total. The van der Waals surface area contributed by atoms with Gasteiger partial charge in [-0.05, 0) is 47.0 Å². The van der Waals surface area contributed by atoms with Gasteiger partial charge in [0.2, 0.25) is 0 Å². The minimum absolute atomic E-state index is 0.00953. The number of halogens is 6. The summed E-state index contributed by atoms with van der Waals surface area (Å²) in [6, 6.07) is 4.51. The van der Waals surface area contributed by atoms with E-state index < -0.39 is 17.8 Å². The van der Waals surface area contributed by atoms with Gasteiger partial charge in [0, 0.05) is 16.5 Å². The summed E-state index contributed by atoms with van der Waals surface area (Å²) in [5.41, 5.74) is 5.49. The number of carbonyl (C=O) groups excluding carboxylic acids is 1. The maximum absolute atomic E-state index is 13.1. The lowest BCUT2D eigenvalue weighted by atomic mass is 10.2. The second-order valence-electron chi connectivity index (χ2n) is 6.36. The van der Waals surface area contributed by atoms with E-state index in [2.05, 4.69) is 26.2 Å². The molecule has 1 aromatic carbocycles. The van der Waals surface area contributed by atoms with Gasteiger partial charge >= 0.3 is 12.1 Å². The normalized spacial score (nSPS) is 14.9. The van der Waals surface area contributed by atoms with Gasteiger partial charge in [-0.1, -0.05) is 28.4 Å². The molecule has 6 nitrogen and oxygen atoms in total. The zero-order valence-electron chi connectivity index (χ0n) is 14.6. The predicted molar refractivity (Wildman–Crippen MR) is 105 cm³/mol. The van der Waals surface area contributed by atoms with Crippen LogP contribution in [0, 0.1) is 0 Å². The Bertz CT molecular complexity index is 974. The molecule has 1 fully saturated rings. The average molecular weight is 514 g/mol. The summed E-state index contributed by atoms with van der Waals surface area (Å²) >= 11 is 14.8. The molecule has 0 spiro atoms. The highest BCUT2D eigenvalue weighted by Gasteiger charge is 2.41. The summed E-state index contributed by atoms with van der Waals surface area (Å²) < 4.78 is 40.4. The molecule has 2 aromatic rings. The first-order valence-electron chi connectivity index (χ1n) is 8.40. The molecule has 0 radical (unpaired) electrons. The van der Waals surface area contributed by atoms with Gasteiger partial charge in [0.25, 0.3) is 0 Å². The molecule has 1 saturated carbocycles. The van der Waals surface area contributed by atoms with Crippen molar-refractivity contribution in [2.24, 2.45) is 10.9 Å². The largest absolute Gasteiger partial charge is 0.436 e. The van der Waals surface area contributed by atoms with Crippen molar-refractivity contribution in [2.45, 2.75) is 37.9 Å². The fourth-order valence-electron chi connectivity index (χ4n) is 2.64. The van der Waals surface area contributed by atoms with E-state index >= 15 is 0 Å². The van der Waals surface area contributed by atoms with Gasteiger partial charge in [0.1, 0.15) is 0 Å². The molecule has 3 rings (SSSR count). The molecule has 1 aliphatic rings. The lowest BCUT2D eigenvalue weighted by Gasteiger charge is -2.06. The molecular formula is C17H14BrCl2F3N4O2. The monoisotopic (exact) mass is 512 g/mol. The minimum Gasteiger partial charge on any atom is -0.380 e. The Morgan fingerprint density at radius 2 is 2.07 bits per heavy atom. The topological polar surface area (TPSA) is 82.5 Å². The first kappa shape index (κ1) is 21.9. The van der Waals surface area contributed by atoms with Crippen molar-refractivity contribution in [3.8, 4) is 0 Å². The summed E-state index contributed by atoms with van der Waals surface area (Å²) in [4.78, 5) is 16.7. The van der Waals surface area contributed by atoms with Gasteiger partial charge in [-0.25, -0.2) is 4.79 Å². The van der Waals surface area contributed by atoms with Crippen LogP contribution in [0.15, 0.2) is 27.8 Å². The molecule has 0 saturated heterocycles. The smallest absolute Gasteiger partial charge is 0.380 e. The summed E-state index contributed by atoms with van der Waals surface area (Å²) in [5.74, 6) is -0.926. The number of aryl methyl sites for hydroxylation is 1. The highest BCUT2D eigenvalue weighted by Crippen LogP contribution is 2.47. The third-order valence-corrected chi connectivity index (χ3v) is 5.47. The van der Waals surface area contributed by atoms with Crippen LogP contribution in [-0.2, 0) is 22.4 Å². The lowest BCUT2D eigenvalue weighted by molar-refractivity contribution is -0.144. The maximum Gasteiger partial charge on any atom is 0.436 e. The number of amidine groups is 1. The van der Waals surface area contributed by atoms with E-state index in [1.165, 1.54) is 16.8 Å². The maximum atomic E-state index is 13.1. The molecule has 1 aromatic heterocycles. The summed E-state index contributed by atoms with van der Waals surface area (Å²) in [6.45, 7) is -0.0868. The first-order chi connectivity index (χ1) is 13.6. The molecule has 29 heavy (non-hydrogen) atoms.